The lowest BCUT2D eigenvalue weighted by atomic mass is 10.2. The van der Waals surface area contributed by atoms with E-state index in [1.807, 2.05) is 18.2 Å². The molecule has 0 aliphatic carbocycles. The number of amides is 1. The van der Waals surface area contributed by atoms with Gasteiger partial charge in [-0.15, -0.1) is 0 Å². The highest BCUT2D eigenvalue weighted by Gasteiger charge is 2.36. The van der Waals surface area contributed by atoms with E-state index in [-0.39, 0.29) is 5.91 Å². The molecule has 2 heterocycles. The van der Waals surface area contributed by atoms with Crippen molar-refractivity contribution in [1.82, 2.24) is 8.87 Å². The fourth-order valence-electron chi connectivity index (χ4n) is 3.53. The fraction of sp³-hybridized carbons (Fsp3) is 0.471. The van der Waals surface area contributed by atoms with Gasteiger partial charge < -0.3 is 9.88 Å². The van der Waals surface area contributed by atoms with Crippen molar-refractivity contribution in [2.24, 2.45) is 0 Å². The molecule has 7 heteroatoms. The molecular weight excluding hydrogens is 326 g/mol. The molecule has 130 valence electrons. The van der Waals surface area contributed by atoms with Crippen molar-refractivity contribution < 1.29 is 13.2 Å². The summed E-state index contributed by atoms with van der Waals surface area (Å²) < 4.78 is 27.1. The summed E-state index contributed by atoms with van der Waals surface area (Å²) in [6.07, 6.45) is 2.43. The number of nitrogens with zero attached hydrogens (tertiary/aromatic N) is 2. The lowest BCUT2D eigenvalue weighted by molar-refractivity contribution is -0.119. The Morgan fingerprint density at radius 3 is 2.75 bits per heavy atom. The molecule has 1 N–H and O–H groups in total. The van der Waals surface area contributed by atoms with Crippen molar-refractivity contribution in [3.63, 3.8) is 0 Å². The molecule has 0 bridgehead atoms. The van der Waals surface area contributed by atoms with Gasteiger partial charge in [0.15, 0.2) is 0 Å². The molecule has 0 spiro atoms. The number of nitrogens with one attached hydrogen (secondary N) is 1. The summed E-state index contributed by atoms with van der Waals surface area (Å²) in [7, 11) is -3.36. The van der Waals surface area contributed by atoms with E-state index in [0.29, 0.717) is 25.1 Å². The van der Waals surface area contributed by atoms with E-state index in [1.54, 1.807) is 0 Å². The van der Waals surface area contributed by atoms with Crippen molar-refractivity contribution in [3.05, 3.63) is 30.0 Å². The van der Waals surface area contributed by atoms with E-state index in [1.165, 1.54) is 10.00 Å². The average Bonchev–Trinajstić information content (AvgIpc) is 3.09. The standard InChI is InChI=1S/C17H23N3O3S/c1-4-19-12(2)10-13-11-14(7-8-15(13)19)18-17(21)16-6-5-9-20(16)24(3,22)23/h7-8,10-11,16H,4-6,9H2,1-3H3,(H,18,21)/t16-/m0/s1. The fourth-order valence-corrected chi connectivity index (χ4v) is 4.66. The molecule has 2 aromatic rings. The highest BCUT2D eigenvalue weighted by Crippen LogP contribution is 2.25. The molecule has 1 fully saturated rings. The van der Waals surface area contributed by atoms with Crippen molar-refractivity contribution in [1.29, 1.82) is 0 Å². The van der Waals surface area contributed by atoms with Gasteiger partial charge in [0.2, 0.25) is 15.9 Å². The Balaban J connectivity index is 1.83. The predicted molar refractivity (Wildman–Crippen MR) is 95.6 cm³/mol. The molecule has 24 heavy (non-hydrogen) atoms. The monoisotopic (exact) mass is 349 g/mol. The number of sulfonamides is 1. The summed E-state index contributed by atoms with van der Waals surface area (Å²) in [5.41, 5.74) is 3.00. The molecule has 0 radical (unpaired) electrons. The number of fused-ring (bicyclic) bond motifs is 1. The van der Waals surface area contributed by atoms with Crippen molar-refractivity contribution >= 4 is 32.5 Å². The van der Waals surface area contributed by atoms with Crippen LogP contribution in [0.1, 0.15) is 25.5 Å². The lowest BCUT2D eigenvalue weighted by Crippen LogP contribution is -2.42. The van der Waals surface area contributed by atoms with E-state index in [2.05, 4.69) is 29.8 Å². The smallest absolute Gasteiger partial charge is 0.242 e. The van der Waals surface area contributed by atoms with Gasteiger partial charge in [0, 0.05) is 35.4 Å². The summed E-state index contributed by atoms with van der Waals surface area (Å²) in [5, 5.41) is 3.94. The zero-order chi connectivity index (χ0) is 17.5. The Hall–Kier alpha value is -1.86. The first-order valence-corrected chi connectivity index (χ1v) is 10.0. The first-order valence-electron chi connectivity index (χ1n) is 8.19. The molecule has 6 nitrogen and oxygen atoms in total. The molecule has 3 rings (SSSR count). The molecule has 0 saturated carbocycles. The second kappa shape index (κ2) is 6.22. The van der Waals surface area contributed by atoms with E-state index >= 15 is 0 Å². The Bertz CT molecular complexity index is 886. The molecule has 0 unspecified atom stereocenters. The van der Waals surface area contributed by atoms with E-state index in [9.17, 15) is 13.2 Å². The third-order valence-corrected chi connectivity index (χ3v) is 5.91. The minimum atomic E-state index is -3.36. The van der Waals surface area contributed by atoms with Crippen molar-refractivity contribution in [3.8, 4) is 0 Å². The lowest BCUT2D eigenvalue weighted by Gasteiger charge is -2.21. The molecule has 1 saturated heterocycles. The number of aromatic nitrogens is 1. The highest BCUT2D eigenvalue weighted by atomic mass is 32.2. The number of benzene rings is 1. The third-order valence-electron chi connectivity index (χ3n) is 4.62. The molecule has 1 aromatic heterocycles. The van der Waals surface area contributed by atoms with Crippen LogP contribution >= 0.6 is 0 Å². The number of anilines is 1. The number of hydrogen-bond donors (Lipinski definition) is 1. The SMILES string of the molecule is CCn1c(C)cc2cc(NC(=O)[C@@H]3CCCN3S(C)(=O)=O)ccc21. The number of aryl methyl sites for hydroxylation is 2. The number of rotatable bonds is 4. The second-order valence-corrected chi connectivity index (χ2v) is 8.26. The minimum Gasteiger partial charge on any atom is -0.345 e. The van der Waals surface area contributed by atoms with Crippen LogP contribution in [0.2, 0.25) is 0 Å². The first-order chi connectivity index (χ1) is 11.3. The van der Waals surface area contributed by atoms with Gasteiger partial charge in [0.05, 0.1) is 6.26 Å². The first kappa shape index (κ1) is 17.0. The average molecular weight is 349 g/mol. The summed E-state index contributed by atoms with van der Waals surface area (Å²) in [6.45, 7) is 5.47. The van der Waals surface area contributed by atoms with Gasteiger partial charge in [0.25, 0.3) is 0 Å². The van der Waals surface area contributed by atoms with E-state index < -0.39 is 16.1 Å². The van der Waals surface area contributed by atoms with Gasteiger partial charge in [-0.05, 0) is 51.0 Å². The van der Waals surface area contributed by atoms with Crippen LogP contribution in [-0.4, -0.2) is 42.0 Å². The minimum absolute atomic E-state index is 0.260. The van der Waals surface area contributed by atoms with Gasteiger partial charge in [-0.3, -0.25) is 4.79 Å². The zero-order valence-electron chi connectivity index (χ0n) is 14.2. The Morgan fingerprint density at radius 1 is 1.33 bits per heavy atom. The normalized spacial score (nSPS) is 19.0. The predicted octanol–water partition coefficient (Wildman–Crippen LogP) is 2.33. The quantitative estimate of drug-likeness (QED) is 0.921. The van der Waals surface area contributed by atoms with Gasteiger partial charge >= 0.3 is 0 Å². The van der Waals surface area contributed by atoms with Gasteiger partial charge in [-0.1, -0.05) is 0 Å². The highest BCUT2D eigenvalue weighted by molar-refractivity contribution is 7.88. The van der Waals surface area contributed by atoms with Gasteiger partial charge in [0.1, 0.15) is 6.04 Å². The molecule has 1 aromatic carbocycles. The maximum Gasteiger partial charge on any atom is 0.242 e. The maximum absolute atomic E-state index is 12.5. The molecule has 1 aliphatic rings. The summed E-state index contributed by atoms with van der Waals surface area (Å²) in [6, 6.07) is 7.27. The Kier molecular flexibility index (Phi) is 4.40. The molecule has 1 atom stereocenters. The molecule has 1 aliphatic heterocycles. The zero-order valence-corrected chi connectivity index (χ0v) is 15.1. The maximum atomic E-state index is 12.5. The summed E-state index contributed by atoms with van der Waals surface area (Å²) in [4.78, 5) is 12.5. The van der Waals surface area contributed by atoms with Crippen LogP contribution in [0.3, 0.4) is 0 Å². The Labute approximate surface area is 142 Å². The van der Waals surface area contributed by atoms with Crippen LogP contribution < -0.4 is 5.32 Å². The summed E-state index contributed by atoms with van der Waals surface area (Å²) >= 11 is 0. The van der Waals surface area contributed by atoms with Crippen LogP contribution in [0.25, 0.3) is 10.9 Å². The van der Waals surface area contributed by atoms with Crippen molar-refractivity contribution in [2.75, 3.05) is 18.1 Å². The van der Waals surface area contributed by atoms with Gasteiger partial charge in [-0.2, -0.15) is 4.31 Å². The number of carbonyl (C=O) groups excluding carboxylic acids is 1. The van der Waals surface area contributed by atoms with Crippen LogP contribution in [-0.2, 0) is 21.4 Å². The third kappa shape index (κ3) is 3.06. The summed E-state index contributed by atoms with van der Waals surface area (Å²) in [5.74, 6) is -0.260. The topological polar surface area (TPSA) is 71.4 Å². The molecule has 1 amide bonds. The van der Waals surface area contributed by atoms with Crippen LogP contribution in [0, 0.1) is 6.92 Å². The Morgan fingerprint density at radius 2 is 2.08 bits per heavy atom. The van der Waals surface area contributed by atoms with Crippen LogP contribution in [0.15, 0.2) is 24.3 Å². The van der Waals surface area contributed by atoms with E-state index in [4.69, 9.17) is 0 Å². The number of hydrogen-bond acceptors (Lipinski definition) is 3. The largest absolute Gasteiger partial charge is 0.345 e. The van der Waals surface area contributed by atoms with Crippen LogP contribution in [0.4, 0.5) is 5.69 Å². The molecular formula is C17H23N3O3S. The van der Waals surface area contributed by atoms with Crippen LogP contribution in [0.5, 0.6) is 0 Å². The van der Waals surface area contributed by atoms with E-state index in [0.717, 1.165) is 23.7 Å². The van der Waals surface area contributed by atoms with Gasteiger partial charge in [-0.25, -0.2) is 8.42 Å². The van der Waals surface area contributed by atoms with Crippen molar-refractivity contribution in [2.45, 2.75) is 39.3 Å². The number of carbonyl (C=O) groups is 1. The second-order valence-electron chi connectivity index (χ2n) is 6.32.